The molecule has 0 aromatic heterocycles. The van der Waals surface area contributed by atoms with Crippen molar-refractivity contribution >= 4 is 8.07 Å². The third-order valence-electron chi connectivity index (χ3n) is 1.32. The largest absolute Gasteiger partial charge is 0.389 e. The van der Waals surface area contributed by atoms with Crippen molar-refractivity contribution < 1.29 is 5.11 Å². The third kappa shape index (κ3) is 4.76. The van der Waals surface area contributed by atoms with Crippen molar-refractivity contribution in [1.82, 2.24) is 0 Å². The molecular formula is C8H18OSi. The van der Waals surface area contributed by atoms with Crippen molar-refractivity contribution in [3.63, 3.8) is 0 Å². The molecule has 0 aromatic rings. The lowest BCUT2D eigenvalue weighted by Crippen LogP contribution is -2.18. The maximum Gasteiger partial charge on any atom is 0.0715 e. The van der Waals surface area contributed by atoms with Crippen LogP contribution in [0.5, 0.6) is 0 Å². The van der Waals surface area contributed by atoms with Crippen LogP contribution in [0.25, 0.3) is 0 Å². The highest BCUT2D eigenvalue weighted by Gasteiger charge is 2.10. The van der Waals surface area contributed by atoms with Gasteiger partial charge in [0, 0.05) is 0 Å². The maximum absolute atomic E-state index is 9.14. The molecule has 0 aliphatic rings. The van der Waals surface area contributed by atoms with Crippen LogP contribution in [0.2, 0.25) is 19.6 Å². The van der Waals surface area contributed by atoms with E-state index in [0.717, 1.165) is 5.57 Å². The number of hydrogen-bond donors (Lipinski definition) is 1. The zero-order valence-electron chi connectivity index (χ0n) is 7.60. The second-order valence-corrected chi connectivity index (χ2v) is 8.95. The molecule has 0 aliphatic heterocycles. The van der Waals surface area contributed by atoms with Gasteiger partial charge >= 0.3 is 0 Å². The first kappa shape index (κ1) is 9.92. The molecule has 1 N–H and O–H groups in total. The Bertz CT molecular complexity index is 131. The SMILES string of the molecule is C/C(=C\[Si](C)(C)C)[C@H](C)O. The monoisotopic (exact) mass is 158 g/mol. The first-order chi connectivity index (χ1) is 4.33. The summed E-state index contributed by atoms with van der Waals surface area (Å²) in [7, 11) is -1.11. The van der Waals surface area contributed by atoms with Gasteiger partial charge in [-0.2, -0.15) is 0 Å². The van der Waals surface area contributed by atoms with E-state index in [0.29, 0.717) is 0 Å². The van der Waals surface area contributed by atoms with E-state index in [2.05, 4.69) is 25.3 Å². The Kier molecular flexibility index (Phi) is 3.32. The Hall–Kier alpha value is -0.0831. The Morgan fingerprint density at radius 2 is 1.80 bits per heavy atom. The van der Waals surface area contributed by atoms with E-state index in [4.69, 9.17) is 5.11 Å². The average Bonchev–Trinajstić information content (AvgIpc) is 1.60. The predicted molar refractivity (Wildman–Crippen MR) is 48.8 cm³/mol. The Balaban J connectivity index is 4.17. The molecule has 0 aliphatic carbocycles. The van der Waals surface area contributed by atoms with Crippen LogP contribution in [0.15, 0.2) is 11.3 Å². The van der Waals surface area contributed by atoms with Crippen molar-refractivity contribution in [2.75, 3.05) is 0 Å². The quantitative estimate of drug-likeness (QED) is 0.611. The molecule has 10 heavy (non-hydrogen) atoms. The number of aliphatic hydroxyl groups excluding tert-OH is 1. The van der Waals surface area contributed by atoms with Gasteiger partial charge in [0.05, 0.1) is 14.2 Å². The number of hydrogen-bond acceptors (Lipinski definition) is 1. The Morgan fingerprint density at radius 3 is 1.90 bits per heavy atom. The molecule has 0 bridgehead atoms. The van der Waals surface area contributed by atoms with Crippen molar-refractivity contribution in [2.45, 2.75) is 39.6 Å². The van der Waals surface area contributed by atoms with Crippen LogP contribution in [-0.2, 0) is 0 Å². The molecule has 0 unspecified atom stereocenters. The van der Waals surface area contributed by atoms with Gasteiger partial charge in [-0.3, -0.25) is 0 Å². The van der Waals surface area contributed by atoms with Crippen LogP contribution in [0.3, 0.4) is 0 Å². The molecule has 0 aromatic carbocycles. The van der Waals surface area contributed by atoms with Crippen LogP contribution in [0.4, 0.5) is 0 Å². The minimum Gasteiger partial charge on any atom is -0.389 e. The van der Waals surface area contributed by atoms with Gasteiger partial charge in [-0.05, 0) is 13.8 Å². The molecule has 0 amide bonds. The average molecular weight is 158 g/mol. The maximum atomic E-state index is 9.14. The standard InChI is InChI=1S/C8H18OSi/c1-7(8(2)9)6-10(3,4)5/h6,8-9H,1-5H3/b7-6+/t8-/m0/s1. The van der Waals surface area contributed by atoms with Crippen molar-refractivity contribution in [1.29, 1.82) is 0 Å². The van der Waals surface area contributed by atoms with Gasteiger partial charge in [0.2, 0.25) is 0 Å². The zero-order valence-corrected chi connectivity index (χ0v) is 8.60. The lowest BCUT2D eigenvalue weighted by atomic mass is 10.2. The van der Waals surface area contributed by atoms with E-state index in [1.165, 1.54) is 0 Å². The molecule has 0 rings (SSSR count). The molecule has 0 heterocycles. The molecular weight excluding hydrogens is 140 g/mol. The first-order valence-electron chi connectivity index (χ1n) is 3.70. The second-order valence-electron chi connectivity index (χ2n) is 3.93. The van der Waals surface area contributed by atoms with Gasteiger partial charge in [0.15, 0.2) is 0 Å². The van der Waals surface area contributed by atoms with Crippen molar-refractivity contribution in [3.8, 4) is 0 Å². The van der Waals surface area contributed by atoms with E-state index in [1.54, 1.807) is 0 Å². The second kappa shape index (κ2) is 3.35. The highest BCUT2D eigenvalue weighted by atomic mass is 28.3. The van der Waals surface area contributed by atoms with E-state index >= 15 is 0 Å². The molecule has 60 valence electrons. The third-order valence-corrected chi connectivity index (χ3v) is 2.64. The van der Waals surface area contributed by atoms with Crippen molar-refractivity contribution in [2.24, 2.45) is 0 Å². The van der Waals surface area contributed by atoms with E-state index < -0.39 is 8.07 Å². The smallest absolute Gasteiger partial charge is 0.0715 e. The lowest BCUT2D eigenvalue weighted by molar-refractivity contribution is 0.231. The number of aliphatic hydroxyl groups is 1. The summed E-state index contributed by atoms with van der Waals surface area (Å²) in [5.74, 6) is 0. The summed E-state index contributed by atoms with van der Waals surface area (Å²) in [5.41, 5.74) is 3.34. The summed E-state index contributed by atoms with van der Waals surface area (Å²) in [5, 5.41) is 9.14. The highest BCUT2D eigenvalue weighted by molar-refractivity contribution is 6.81. The molecule has 0 saturated carbocycles. The molecule has 0 fully saturated rings. The minimum atomic E-state index is -1.11. The number of rotatable bonds is 2. The molecule has 0 spiro atoms. The summed E-state index contributed by atoms with van der Waals surface area (Å²) < 4.78 is 0. The van der Waals surface area contributed by atoms with Crippen LogP contribution in [0, 0.1) is 0 Å². The summed E-state index contributed by atoms with van der Waals surface area (Å²) in [6, 6.07) is 0. The van der Waals surface area contributed by atoms with Gasteiger partial charge in [-0.25, -0.2) is 0 Å². The summed E-state index contributed by atoms with van der Waals surface area (Å²) in [6.45, 7) is 10.6. The van der Waals surface area contributed by atoms with Crippen LogP contribution in [0.1, 0.15) is 13.8 Å². The van der Waals surface area contributed by atoms with Crippen LogP contribution in [-0.4, -0.2) is 19.3 Å². The van der Waals surface area contributed by atoms with Crippen LogP contribution >= 0.6 is 0 Å². The Morgan fingerprint density at radius 1 is 1.40 bits per heavy atom. The normalized spacial score (nSPS) is 17.2. The van der Waals surface area contributed by atoms with Crippen LogP contribution < -0.4 is 0 Å². The Labute approximate surface area is 64.8 Å². The van der Waals surface area contributed by atoms with Gasteiger partial charge in [0.25, 0.3) is 0 Å². The fourth-order valence-corrected chi connectivity index (χ4v) is 2.41. The summed E-state index contributed by atoms with van der Waals surface area (Å²) in [6.07, 6.45) is -0.272. The first-order valence-corrected chi connectivity index (χ1v) is 7.28. The molecule has 1 nitrogen and oxygen atoms in total. The molecule has 1 atom stereocenters. The zero-order chi connectivity index (χ0) is 8.36. The molecule has 2 heteroatoms. The highest BCUT2D eigenvalue weighted by Crippen LogP contribution is 2.09. The van der Waals surface area contributed by atoms with Gasteiger partial charge < -0.3 is 5.11 Å². The van der Waals surface area contributed by atoms with Gasteiger partial charge in [-0.1, -0.05) is 30.9 Å². The fraction of sp³-hybridized carbons (Fsp3) is 0.750. The fourth-order valence-electron chi connectivity index (χ4n) is 0.804. The molecule has 0 radical (unpaired) electrons. The van der Waals surface area contributed by atoms with Gasteiger partial charge in [0.1, 0.15) is 0 Å². The lowest BCUT2D eigenvalue weighted by Gasteiger charge is -2.13. The van der Waals surface area contributed by atoms with E-state index in [9.17, 15) is 0 Å². The summed E-state index contributed by atoms with van der Waals surface area (Å²) >= 11 is 0. The predicted octanol–water partition coefficient (Wildman–Crippen LogP) is 2.19. The van der Waals surface area contributed by atoms with E-state index in [1.807, 2.05) is 13.8 Å². The van der Waals surface area contributed by atoms with Crippen molar-refractivity contribution in [3.05, 3.63) is 11.3 Å². The van der Waals surface area contributed by atoms with Gasteiger partial charge in [-0.15, -0.1) is 0 Å². The topological polar surface area (TPSA) is 20.2 Å². The van der Waals surface area contributed by atoms with E-state index in [-0.39, 0.29) is 6.10 Å². The summed E-state index contributed by atoms with van der Waals surface area (Å²) in [4.78, 5) is 0. The minimum absolute atomic E-state index is 0.272. The molecule has 0 saturated heterocycles.